The van der Waals surface area contributed by atoms with Gasteiger partial charge in [-0.3, -0.25) is 0 Å². The number of hydrogen-bond acceptors (Lipinski definition) is 3. The molecule has 0 saturated heterocycles. The molecule has 0 radical (unpaired) electrons. The lowest BCUT2D eigenvalue weighted by Crippen LogP contribution is -2.21. The van der Waals surface area contributed by atoms with E-state index in [1.54, 1.807) is 6.20 Å². The van der Waals surface area contributed by atoms with Crippen molar-refractivity contribution in [1.29, 1.82) is 0 Å². The normalized spacial score (nSPS) is 27.3. The van der Waals surface area contributed by atoms with Gasteiger partial charge in [0.05, 0.1) is 0 Å². The van der Waals surface area contributed by atoms with Gasteiger partial charge in [0.25, 0.3) is 0 Å². The highest BCUT2D eigenvalue weighted by molar-refractivity contribution is 5.41. The highest BCUT2D eigenvalue weighted by atomic mass is 14.8. The minimum atomic E-state index is 0.331. The van der Waals surface area contributed by atoms with Gasteiger partial charge in [0, 0.05) is 12.2 Å². The molecule has 1 aliphatic rings. The SMILES string of the molecule is Nc1ncccc1C1CCCCC(N)C1. The smallest absolute Gasteiger partial charge is 0.126 e. The van der Waals surface area contributed by atoms with Crippen LogP contribution in [0.2, 0.25) is 0 Å². The molecule has 4 N–H and O–H groups in total. The van der Waals surface area contributed by atoms with Gasteiger partial charge in [-0.1, -0.05) is 18.9 Å². The van der Waals surface area contributed by atoms with Crippen LogP contribution in [0.3, 0.4) is 0 Å². The summed E-state index contributed by atoms with van der Waals surface area (Å²) >= 11 is 0. The molecule has 2 unspecified atom stereocenters. The Balaban J connectivity index is 2.18. The third kappa shape index (κ3) is 2.48. The van der Waals surface area contributed by atoms with E-state index in [4.69, 9.17) is 11.5 Å². The first kappa shape index (κ1) is 10.4. The van der Waals surface area contributed by atoms with Crippen molar-refractivity contribution >= 4 is 5.82 Å². The van der Waals surface area contributed by atoms with Crippen LogP contribution in [0, 0.1) is 0 Å². The van der Waals surface area contributed by atoms with Crippen molar-refractivity contribution in [3.63, 3.8) is 0 Å². The molecule has 82 valence electrons. The molecule has 2 atom stereocenters. The summed E-state index contributed by atoms with van der Waals surface area (Å²) < 4.78 is 0. The van der Waals surface area contributed by atoms with Gasteiger partial charge in [-0.25, -0.2) is 4.98 Å². The van der Waals surface area contributed by atoms with E-state index in [0.29, 0.717) is 17.8 Å². The average Bonchev–Trinajstić information content (AvgIpc) is 2.43. The van der Waals surface area contributed by atoms with Crippen molar-refractivity contribution < 1.29 is 0 Å². The topological polar surface area (TPSA) is 64.9 Å². The summed E-state index contributed by atoms with van der Waals surface area (Å²) in [6, 6.07) is 4.38. The van der Waals surface area contributed by atoms with E-state index >= 15 is 0 Å². The summed E-state index contributed by atoms with van der Waals surface area (Å²) in [6.07, 6.45) is 7.65. The summed E-state index contributed by atoms with van der Waals surface area (Å²) in [6.45, 7) is 0. The van der Waals surface area contributed by atoms with Crippen LogP contribution < -0.4 is 11.5 Å². The van der Waals surface area contributed by atoms with E-state index in [1.165, 1.54) is 24.8 Å². The van der Waals surface area contributed by atoms with Crippen LogP contribution in [0.15, 0.2) is 18.3 Å². The van der Waals surface area contributed by atoms with Gasteiger partial charge < -0.3 is 11.5 Å². The van der Waals surface area contributed by atoms with E-state index in [2.05, 4.69) is 11.1 Å². The Kier molecular flexibility index (Phi) is 3.21. The molecule has 15 heavy (non-hydrogen) atoms. The zero-order valence-electron chi connectivity index (χ0n) is 9.02. The van der Waals surface area contributed by atoms with Gasteiger partial charge in [0.1, 0.15) is 5.82 Å². The van der Waals surface area contributed by atoms with Gasteiger partial charge >= 0.3 is 0 Å². The summed E-state index contributed by atoms with van der Waals surface area (Å²) in [4.78, 5) is 4.15. The van der Waals surface area contributed by atoms with Crippen LogP contribution in [-0.2, 0) is 0 Å². The first-order chi connectivity index (χ1) is 7.27. The fourth-order valence-electron chi connectivity index (χ4n) is 2.46. The van der Waals surface area contributed by atoms with Crippen molar-refractivity contribution in [3.8, 4) is 0 Å². The third-order valence-corrected chi connectivity index (χ3v) is 3.28. The molecule has 2 rings (SSSR count). The predicted octanol–water partition coefficient (Wildman–Crippen LogP) is 2.04. The maximum atomic E-state index is 6.05. The van der Waals surface area contributed by atoms with Gasteiger partial charge in [0.2, 0.25) is 0 Å². The van der Waals surface area contributed by atoms with Crippen LogP contribution in [-0.4, -0.2) is 11.0 Å². The number of nitrogens with two attached hydrogens (primary N) is 2. The standard InChI is InChI=1S/C12H19N3/c13-10-5-2-1-4-9(8-10)11-6-3-7-15-12(11)14/h3,6-7,9-10H,1-2,4-5,8,13H2,(H2,14,15). The van der Waals surface area contributed by atoms with E-state index in [-0.39, 0.29) is 0 Å². The number of aromatic nitrogens is 1. The first-order valence-electron chi connectivity index (χ1n) is 5.73. The number of rotatable bonds is 1. The minimum Gasteiger partial charge on any atom is -0.383 e. The molecule has 1 aromatic rings. The predicted molar refractivity (Wildman–Crippen MR) is 62.5 cm³/mol. The molecule has 0 aromatic carbocycles. The number of pyridine rings is 1. The second kappa shape index (κ2) is 4.62. The lowest BCUT2D eigenvalue weighted by atomic mass is 9.91. The largest absolute Gasteiger partial charge is 0.383 e. The van der Waals surface area contributed by atoms with Crippen molar-refractivity contribution in [2.75, 3.05) is 5.73 Å². The van der Waals surface area contributed by atoms with E-state index in [1.807, 2.05) is 6.07 Å². The Morgan fingerprint density at radius 2 is 2.07 bits per heavy atom. The summed E-state index contributed by atoms with van der Waals surface area (Å²) in [5, 5.41) is 0. The summed E-state index contributed by atoms with van der Waals surface area (Å²) in [5.41, 5.74) is 13.1. The second-order valence-corrected chi connectivity index (χ2v) is 4.46. The molecule has 0 aliphatic heterocycles. The molecule has 3 nitrogen and oxygen atoms in total. The molecule has 3 heteroatoms. The molecule has 1 saturated carbocycles. The molecule has 1 aliphatic carbocycles. The Morgan fingerprint density at radius 3 is 2.87 bits per heavy atom. The molecule has 1 heterocycles. The van der Waals surface area contributed by atoms with E-state index < -0.39 is 0 Å². The molecule has 0 amide bonds. The van der Waals surface area contributed by atoms with Crippen LogP contribution >= 0.6 is 0 Å². The zero-order chi connectivity index (χ0) is 10.7. The number of anilines is 1. The summed E-state index contributed by atoms with van der Waals surface area (Å²) in [7, 11) is 0. The van der Waals surface area contributed by atoms with Crippen LogP contribution in [0.5, 0.6) is 0 Å². The Morgan fingerprint density at radius 1 is 1.27 bits per heavy atom. The second-order valence-electron chi connectivity index (χ2n) is 4.46. The maximum absolute atomic E-state index is 6.05. The van der Waals surface area contributed by atoms with Gasteiger partial charge in [-0.15, -0.1) is 0 Å². The fourth-order valence-corrected chi connectivity index (χ4v) is 2.46. The van der Waals surface area contributed by atoms with Gasteiger partial charge in [0.15, 0.2) is 0 Å². The quantitative estimate of drug-likeness (QED) is 0.689. The fraction of sp³-hybridized carbons (Fsp3) is 0.583. The monoisotopic (exact) mass is 205 g/mol. The highest BCUT2D eigenvalue weighted by Crippen LogP contribution is 2.33. The van der Waals surface area contributed by atoms with E-state index in [0.717, 1.165) is 12.8 Å². The van der Waals surface area contributed by atoms with Crippen LogP contribution in [0.25, 0.3) is 0 Å². The summed E-state index contributed by atoms with van der Waals surface area (Å²) in [5.74, 6) is 1.19. The first-order valence-corrected chi connectivity index (χ1v) is 5.73. The molecule has 0 bridgehead atoms. The molecule has 1 fully saturated rings. The molecular formula is C12H19N3. The Hall–Kier alpha value is -1.09. The van der Waals surface area contributed by atoms with Crippen molar-refractivity contribution in [2.24, 2.45) is 5.73 Å². The van der Waals surface area contributed by atoms with Gasteiger partial charge in [-0.05, 0) is 36.8 Å². The van der Waals surface area contributed by atoms with E-state index in [9.17, 15) is 0 Å². The van der Waals surface area contributed by atoms with Crippen molar-refractivity contribution in [3.05, 3.63) is 23.9 Å². The van der Waals surface area contributed by atoms with Crippen LogP contribution in [0.4, 0.5) is 5.82 Å². The lowest BCUT2D eigenvalue weighted by molar-refractivity contribution is 0.535. The molecular weight excluding hydrogens is 186 g/mol. The third-order valence-electron chi connectivity index (χ3n) is 3.28. The Labute approximate surface area is 90.9 Å². The average molecular weight is 205 g/mol. The zero-order valence-corrected chi connectivity index (χ0v) is 9.02. The minimum absolute atomic E-state index is 0.331. The van der Waals surface area contributed by atoms with Crippen molar-refractivity contribution in [2.45, 2.75) is 44.1 Å². The molecule has 0 spiro atoms. The van der Waals surface area contributed by atoms with Crippen LogP contribution in [0.1, 0.15) is 43.6 Å². The number of nitrogens with zero attached hydrogens (tertiary/aromatic N) is 1. The maximum Gasteiger partial charge on any atom is 0.126 e. The Bertz CT molecular complexity index is 324. The van der Waals surface area contributed by atoms with Crippen molar-refractivity contribution in [1.82, 2.24) is 4.98 Å². The van der Waals surface area contributed by atoms with Gasteiger partial charge in [-0.2, -0.15) is 0 Å². The number of nitrogen functional groups attached to an aromatic ring is 1. The number of hydrogen-bond donors (Lipinski definition) is 2. The highest BCUT2D eigenvalue weighted by Gasteiger charge is 2.20. The molecule has 1 aromatic heterocycles. The lowest BCUT2D eigenvalue weighted by Gasteiger charge is -2.18.